The van der Waals surface area contributed by atoms with Crippen LogP contribution in [-0.4, -0.2) is 71.1 Å². The molecule has 0 spiro atoms. The number of nitrogens with zero attached hydrogens (tertiary/aromatic N) is 4. The van der Waals surface area contributed by atoms with Gasteiger partial charge >= 0.3 is 0 Å². The Morgan fingerprint density at radius 1 is 1.24 bits per heavy atom. The van der Waals surface area contributed by atoms with Gasteiger partial charge in [0, 0.05) is 19.2 Å². The van der Waals surface area contributed by atoms with Gasteiger partial charge in [-0.3, -0.25) is 9.59 Å². The van der Waals surface area contributed by atoms with Crippen LogP contribution in [0.1, 0.15) is 37.7 Å². The van der Waals surface area contributed by atoms with Gasteiger partial charge in [0.1, 0.15) is 15.9 Å². The Bertz CT molecular complexity index is 1020. The van der Waals surface area contributed by atoms with Crippen molar-refractivity contribution in [3.8, 4) is 0 Å². The van der Waals surface area contributed by atoms with E-state index in [0.29, 0.717) is 12.4 Å². The first-order chi connectivity index (χ1) is 15.5. The lowest BCUT2D eigenvalue weighted by Crippen LogP contribution is -2.51. The second-order valence-electron chi connectivity index (χ2n) is 8.24. The number of sulfone groups is 1. The Morgan fingerprint density at radius 2 is 1.94 bits per heavy atom. The molecular weight excluding hydrogens is 450 g/mol. The average molecular weight is 482 g/mol. The minimum Gasteiger partial charge on any atom is -0.374 e. The number of hydrogen-bond acceptors (Lipinski definition) is 9. The second kappa shape index (κ2) is 11.8. The highest BCUT2D eigenvalue weighted by Gasteiger charge is 2.28. The summed E-state index contributed by atoms with van der Waals surface area (Å²) in [6, 6.07) is 8.88. The molecule has 1 atom stereocenters. The number of nitrogens with one attached hydrogen (secondary N) is 2. The topological polar surface area (TPSA) is 171 Å². The van der Waals surface area contributed by atoms with Crippen LogP contribution in [0.15, 0.2) is 30.3 Å². The lowest BCUT2D eigenvalue weighted by atomic mass is 10.1. The second-order valence-corrected chi connectivity index (χ2v) is 10.5. The maximum atomic E-state index is 12.5. The molecule has 13 heteroatoms. The van der Waals surface area contributed by atoms with E-state index in [2.05, 4.69) is 26.2 Å². The van der Waals surface area contributed by atoms with Crippen LogP contribution in [0, 0.1) is 0 Å². The lowest BCUT2D eigenvalue weighted by Gasteiger charge is -2.23. The SMILES string of the molecule is CC(C)(N)C(=O)N[C@H](COCc1ccccc1)c1nnnn1CCNC(=O)CCS(C)(=O)=O. The van der Waals surface area contributed by atoms with Crippen molar-refractivity contribution in [2.24, 2.45) is 5.73 Å². The predicted molar refractivity (Wildman–Crippen MR) is 120 cm³/mol. The summed E-state index contributed by atoms with van der Waals surface area (Å²) in [5.74, 6) is -0.682. The van der Waals surface area contributed by atoms with Crippen molar-refractivity contribution in [1.29, 1.82) is 0 Å². The van der Waals surface area contributed by atoms with Crippen molar-refractivity contribution >= 4 is 21.7 Å². The molecule has 0 aliphatic carbocycles. The Labute approximate surface area is 193 Å². The van der Waals surface area contributed by atoms with Crippen molar-refractivity contribution in [3.63, 3.8) is 0 Å². The monoisotopic (exact) mass is 481 g/mol. The number of amides is 2. The third-order valence-electron chi connectivity index (χ3n) is 4.50. The molecule has 33 heavy (non-hydrogen) atoms. The van der Waals surface area contributed by atoms with E-state index in [4.69, 9.17) is 10.5 Å². The molecule has 2 rings (SSSR count). The fourth-order valence-corrected chi connectivity index (χ4v) is 3.24. The van der Waals surface area contributed by atoms with E-state index in [1.807, 2.05) is 30.3 Å². The van der Waals surface area contributed by atoms with Crippen LogP contribution >= 0.6 is 0 Å². The highest BCUT2D eigenvalue weighted by Crippen LogP contribution is 2.13. The summed E-state index contributed by atoms with van der Waals surface area (Å²) in [4.78, 5) is 24.3. The van der Waals surface area contributed by atoms with Crippen LogP contribution in [0.5, 0.6) is 0 Å². The number of aromatic nitrogens is 4. The Balaban J connectivity index is 2.01. The molecule has 2 aromatic rings. The fraction of sp³-hybridized carbons (Fsp3) is 0.550. The number of nitrogens with two attached hydrogens (primary N) is 1. The molecule has 1 aromatic heterocycles. The summed E-state index contributed by atoms with van der Waals surface area (Å²) in [5.41, 5.74) is 5.76. The zero-order chi connectivity index (χ0) is 24.5. The van der Waals surface area contributed by atoms with Crippen molar-refractivity contribution < 1.29 is 22.7 Å². The van der Waals surface area contributed by atoms with Gasteiger partial charge in [-0.2, -0.15) is 0 Å². The number of carbonyl (C=O) groups excluding carboxylic acids is 2. The van der Waals surface area contributed by atoms with Crippen LogP contribution in [0.4, 0.5) is 0 Å². The van der Waals surface area contributed by atoms with Crippen molar-refractivity contribution in [2.75, 3.05) is 25.2 Å². The molecule has 0 saturated heterocycles. The average Bonchev–Trinajstić information content (AvgIpc) is 3.19. The summed E-state index contributed by atoms with van der Waals surface area (Å²) in [7, 11) is -3.22. The summed E-state index contributed by atoms with van der Waals surface area (Å²) in [5, 5.41) is 17.1. The Hall–Kier alpha value is -2.90. The molecule has 0 radical (unpaired) electrons. The number of ether oxygens (including phenoxy) is 1. The smallest absolute Gasteiger partial charge is 0.240 e. The van der Waals surface area contributed by atoms with E-state index in [9.17, 15) is 18.0 Å². The van der Waals surface area contributed by atoms with E-state index in [0.717, 1.165) is 11.8 Å². The number of benzene rings is 1. The highest BCUT2D eigenvalue weighted by atomic mass is 32.2. The van der Waals surface area contributed by atoms with E-state index >= 15 is 0 Å². The summed E-state index contributed by atoms with van der Waals surface area (Å²) < 4.78 is 29.6. The van der Waals surface area contributed by atoms with E-state index in [1.165, 1.54) is 4.68 Å². The first-order valence-electron chi connectivity index (χ1n) is 10.4. The zero-order valence-corrected chi connectivity index (χ0v) is 19.8. The summed E-state index contributed by atoms with van der Waals surface area (Å²) in [6.07, 6.45) is 0.948. The van der Waals surface area contributed by atoms with E-state index in [-0.39, 0.29) is 31.9 Å². The molecular formula is C20H31N7O5S. The molecule has 12 nitrogen and oxygen atoms in total. The first-order valence-corrected chi connectivity index (χ1v) is 12.4. The van der Waals surface area contributed by atoms with Crippen molar-refractivity contribution in [2.45, 2.75) is 45.0 Å². The van der Waals surface area contributed by atoms with Gasteiger partial charge < -0.3 is 21.1 Å². The van der Waals surface area contributed by atoms with Gasteiger partial charge in [-0.15, -0.1) is 5.10 Å². The van der Waals surface area contributed by atoms with Crippen LogP contribution < -0.4 is 16.4 Å². The van der Waals surface area contributed by atoms with Gasteiger partial charge in [0.2, 0.25) is 11.8 Å². The number of hydrogen-bond donors (Lipinski definition) is 3. The van der Waals surface area contributed by atoms with E-state index in [1.54, 1.807) is 13.8 Å². The fourth-order valence-electron chi connectivity index (χ4n) is 2.68. The molecule has 182 valence electrons. The van der Waals surface area contributed by atoms with Crippen molar-refractivity contribution in [3.05, 3.63) is 41.7 Å². The lowest BCUT2D eigenvalue weighted by molar-refractivity contribution is -0.126. The largest absolute Gasteiger partial charge is 0.374 e. The van der Waals surface area contributed by atoms with Gasteiger partial charge in [-0.25, -0.2) is 13.1 Å². The highest BCUT2D eigenvalue weighted by molar-refractivity contribution is 7.90. The zero-order valence-electron chi connectivity index (χ0n) is 19.0. The molecule has 0 aliphatic rings. The van der Waals surface area contributed by atoms with Crippen LogP contribution in [0.25, 0.3) is 0 Å². The first kappa shape index (κ1) is 26.4. The molecule has 4 N–H and O–H groups in total. The van der Waals surface area contributed by atoms with Gasteiger partial charge in [-0.05, 0) is 29.8 Å². The van der Waals surface area contributed by atoms with Gasteiger partial charge in [0.15, 0.2) is 5.82 Å². The number of tetrazole rings is 1. The normalized spacial score (nSPS) is 12.8. The van der Waals surface area contributed by atoms with Crippen LogP contribution in [0.3, 0.4) is 0 Å². The molecule has 0 aliphatic heterocycles. The Morgan fingerprint density at radius 3 is 2.58 bits per heavy atom. The van der Waals surface area contributed by atoms with E-state index < -0.39 is 33.2 Å². The predicted octanol–water partition coefficient (Wildman–Crippen LogP) is -0.665. The number of carbonyl (C=O) groups is 2. The maximum absolute atomic E-state index is 12.5. The molecule has 0 saturated carbocycles. The van der Waals surface area contributed by atoms with Gasteiger partial charge in [0.05, 0.1) is 31.1 Å². The summed E-state index contributed by atoms with van der Waals surface area (Å²) in [6.45, 7) is 3.98. The van der Waals surface area contributed by atoms with Gasteiger partial charge in [0.25, 0.3) is 0 Å². The minimum absolute atomic E-state index is 0.0950. The molecule has 0 bridgehead atoms. The third-order valence-corrected chi connectivity index (χ3v) is 5.45. The van der Waals surface area contributed by atoms with Crippen molar-refractivity contribution in [1.82, 2.24) is 30.8 Å². The van der Waals surface area contributed by atoms with Crippen LogP contribution in [-0.2, 0) is 37.3 Å². The standard InChI is InChI=1S/C20H31N7O5S/c1-20(2,21)19(29)23-16(14-32-13-15-7-5-4-6-8-15)18-24-25-26-27(18)11-10-22-17(28)9-12-33(3,30)31/h4-8,16H,9-14,21H2,1-3H3,(H,22,28)(H,23,29)/t16-/m1/s1. The quantitative estimate of drug-likeness (QED) is 0.336. The van der Waals surface area contributed by atoms with Gasteiger partial charge in [-0.1, -0.05) is 30.3 Å². The van der Waals surface area contributed by atoms with Crippen LogP contribution in [0.2, 0.25) is 0 Å². The molecule has 1 heterocycles. The molecule has 0 fully saturated rings. The number of rotatable bonds is 13. The summed E-state index contributed by atoms with van der Waals surface area (Å²) >= 11 is 0. The molecule has 1 aromatic carbocycles. The molecule has 0 unspecified atom stereocenters. The maximum Gasteiger partial charge on any atom is 0.240 e. The Kier molecular flexibility index (Phi) is 9.44. The minimum atomic E-state index is -3.22. The molecule has 2 amide bonds. The third kappa shape index (κ3) is 9.63.